The number of carbonyl (C=O) groups excluding carboxylic acids is 1. The molecule has 6 heteroatoms. The first kappa shape index (κ1) is 14.2. The Bertz CT molecular complexity index is 434. The van der Waals surface area contributed by atoms with Gasteiger partial charge in [-0.2, -0.15) is 0 Å². The molecule has 5 nitrogen and oxygen atoms in total. The number of ether oxygens (including phenoxy) is 2. The van der Waals surface area contributed by atoms with Crippen molar-refractivity contribution in [3.8, 4) is 5.75 Å². The molecule has 0 aliphatic rings. The lowest BCUT2D eigenvalue weighted by molar-refractivity contribution is -0.158. The quantitative estimate of drug-likeness (QED) is 0.775. The number of carbonyl (C=O) groups is 1. The van der Waals surface area contributed by atoms with Gasteiger partial charge in [-0.3, -0.25) is 0 Å². The highest BCUT2D eigenvalue weighted by molar-refractivity contribution is 5.79. The average molecular weight is 257 g/mol. The summed E-state index contributed by atoms with van der Waals surface area (Å²) in [4.78, 5) is 11.3. The molecule has 0 fully saturated rings. The first-order chi connectivity index (χ1) is 8.40. The maximum Gasteiger partial charge on any atom is 0.339 e. The van der Waals surface area contributed by atoms with Gasteiger partial charge in [0.1, 0.15) is 11.6 Å². The van der Waals surface area contributed by atoms with E-state index in [4.69, 9.17) is 4.74 Å². The predicted octanol–water partition coefficient (Wildman–Crippen LogP) is 1.17. The third-order valence-corrected chi connectivity index (χ3v) is 2.41. The van der Waals surface area contributed by atoms with Crippen molar-refractivity contribution < 1.29 is 23.8 Å². The van der Waals surface area contributed by atoms with Crippen LogP contribution in [0.3, 0.4) is 0 Å². The summed E-state index contributed by atoms with van der Waals surface area (Å²) in [5.74, 6) is -0.899. The van der Waals surface area contributed by atoms with Crippen molar-refractivity contribution in [3.05, 3.63) is 24.0 Å². The molecule has 0 aliphatic carbocycles. The highest BCUT2D eigenvalue weighted by Gasteiger charge is 2.31. The molecule has 1 atom stereocenters. The Hall–Kier alpha value is -1.82. The Kier molecular flexibility index (Phi) is 4.49. The van der Waals surface area contributed by atoms with Gasteiger partial charge in [0.2, 0.25) is 0 Å². The molecule has 0 heterocycles. The summed E-state index contributed by atoms with van der Waals surface area (Å²) >= 11 is 0. The number of hydrogen-bond donors (Lipinski definition) is 2. The lowest BCUT2D eigenvalue weighted by atomic mass is 10.1. The summed E-state index contributed by atoms with van der Waals surface area (Å²) in [6.45, 7) is 1.24. The minimum Gasteiger partial charge on any atom is -0.494 e. The van der Waals surface area contributed by atoms with Gasteiger partial charge in [0, 0.05) is 6.07 Å². The summed E-state index contributed by atoms with van der Waals surface area (Å²) in [6.07, 6.45) is 0. The standard InChI is InChI=1S/C12H16FNO4/c1-12(16,11(15)18-3)7-14-9-5-4-8(13)6-10(9)17-2/h4-6,14,16H,7H2,1-3H3. The van der Waals surface area contributed by atoms with Crippen LogP contribution in [0.25, 0.3) is 0 Å². The number of halogens is 1. The van der Waals surface area contributed by atoms with Gasteiger partial charge >= 0.3 is 5.97 Å². The van der Waals surface area contributed by atoms with Crippen LogP contribution in [-0.4, -0.2) is 37.4 Å². The van der Waals surface area contributed by atoms with Gasteiger partial charge in [-0.05, 0) is 19.1 Å². The van der Waals surface area contributed by atoms with Crippen LogP contribution in [0.2, 0.25) is 0 Å². The first-order valence-electron chi connectivity index (χ1n) is 5.29. The molecule has 0 radical (unpaired) electrons. The fraction of sp³-hybridized carbons (Fsp3) is 0.417. The fourth-order valence-electron chi connectivity index (χ4n) is 1.37. The SMILES string of the molecule is COC(=O)C(C)(O)CNc1ccc(F)cc1OC. The molecule has 1 aromatic carbocycles. The summed E-state index contributed by atoms with van der Waals surface area (Å²) < 4.78 is 22.4. The number of nitrogens with one attached hydrogen (secondary N) is 1. The van der Waals surface area contributed by atoms with E-state index in [1.54, 1.807) is 0 Å². The van der Waals surface area contributed by atoms with E-state index >= 15 is 0 Å². The van der Waals surface area contributed by atoms with Crippen molar-refractivity contribution >= 4 is 11.7 Å². The molecule has 0 amide bonds. The van der Waals surface area contributed by atoms with Gasteiger partial charge in [-0.1, -0.05) is 0 Å². The Morgan fingerprint density at radius 1 is 1.50 bits per heavy atom. The number of anilines is 1. The number of rotatable bonds is 5. The minimum atomic E-state index is -1.67. The smallest absolute Gasteiger partial charge is 0.339 e. The zero-order chi connectivity index (χ0) is 13.8. The Balaban J connectivity index is 2.77. The molecule has 1 rings (SSSR count). The van der Waals surface area contributed by atoms with Crippen LogP contribution in [0, 0.1) is 5.82 Å². The van der Waals surface area contributed by atoms with E-state index in [1.807, 2.05) is 0 Å². The van der Waals surface area contributed by atoms with E-state index in [9.17, 15) is 14.3 Å². The molecule has 0 aromatic heterocycles. The Morgan fingerprint density at radius 2 is 2.17 bits per heavy atom. The van der Waals surface area contributed by atoms with Crippen LogP contribution in [0.1, 0.15) is 6.92 Å². The highest BCUT2D eigenvalue weighted by Crippen LogP contribution is 2.25. The molecule has 0 spiro atoms. The second kappa shape index (κ2) is 5.68. The Morgan fingerprint density at radius 3 is 2.72 bits per heavy atom. The summed E-state index contributed by atoms with van der Waals surface area (Å²) in [6, 6.07) is 3.91. The van der Waals surface area contributed by atoms with Crippen LogP contribution >= 0.6 is 0 Å². The van der Waals surface area contributed by atoms with Crippen molar-refractivity contribution in [1.29, 1.82) is 0 Å². The van der Waals surface area contributed by atoms with Gasteiger partial charge < -0.3 is 19.9 Å². The maximum absolute atomic E-state index is 13.0. The van der Waals surface area contributed by atoms with Crippen molar-refractivity contribution in [2.24, 2.45) is 0 Å². The van der Waals surface area contributed by atoms with Crippen molar-refractivity contribution in [2.75, 3.05) is 26.1 Å². The molecule has 100 valence electrons. The van der Waals surface area contributed by atoms with Crippen LogP contribution < -0.4 is 10.1 Å². The van der Waals surface area contributed by atoms with Crippen LogP contribution in [0.15, 0.2) is 18.2 Å². The van der Waals surface area contributed by atoms with E-state index in [0.717, 1.165) is 0 Å². The van der Waals surface area contributed by atoms with Gasteiger partial charge in [-0.25, -0.2) is 9.18 Å². The number of esters is 1. The molecule has 18 heavy (non-hydrogen) atoms. The number of benzene rings is 1. The second-order valence-corrected chi connectivity index (χ2v) is 3.96. The normalized spacial score (nSPS) is 13.6. The van der Waals surface area contributed by atoms with E-state index in [-0.39, 0.29) is 12.3 Å². The molecule has 0 saturated heterocycles. The lowest BCUT2D eigenvalue weighted by Crippen LogP contribution is -2.42. The van der Waals surface area contributed by atoms with Crippen molar-refractivity contribution in [3.63, 3.8) is 0 Å². The van der Waals surface area contributed by atoms with Crippen LogP contribution in [0.5, 0.6) is 5.75 Å². The molecular weight excluding hydrogens is 241 g/mol. The summed E-state index contributed by atoms with van der Waals surface area (Å²) in [5.41, 5.74) is -1.20. The maximum atomic E-state index is 13.0. The van der Waals surface area contributed by atoms with E-state index in [1.165, 1.54) is 39.3 Å². The molecule has 0 aliphatic heterocycles. The lowest BCUT2D eigenvalue weighted by Gasteiger charge is -2.21. The largest absolute Gasteiger partial charge is 0.494 e. The van der Waals surface area contributed by atoms with Gasteiger partial charge in [0.05, 0.1) is 26.5 Å². The topological polar surface area (TPSA) is 67.8 Å². The van der Waals surface area contributed by atoms with Crippen molar-refractivity contribution in [1.82, 2.24) is 0 Å². The molecule has 1 aromatic rings. The van der Waals surface area contributed by atoms with E-state index < -0.39 is 17.4 Å². The van der Waals surface area contributed by atoms with E-state index in [0.29, 0.717) is 5.69 Å². The van der Waals surface area contributed by atoms with Gasteiger partial charge in [0.25, 0.3) is 0 Å². The highest BCUT2D eigenvalue weighted by atomic mass is 19.1. The van der Waals surface area contributed by atoms with E-state index in [2.05, 4.69) is 10.1 Å². The summed E-state index contributed by atoms with van der Waals surface area (Å²) in [5, 5.41) is 12.6. The molecule has 2 N–H and O–H groups in total. The summed E-state index contributed by atoms with van der Waals surface area (Å²) in [7, 11) is 2.59. The first-order valence-corrected chi connectivity index (χ1v) is 5.29. The van der Waals surface area contributed by atoms with Gasteiger partial charge in [-0.15, -0.1) is 0 Å². The molecule has 0 saturated carbocycles. The fourth-order valence-corrected chi connectivity index (χ4v) is 1.37. The minimum absolute atomic E-state index is 0.0817. The zero-order valence-electron chi connectivity index (χ0n) is 10.5. The Labute approximate surface area is 105 Å². The van der Waals surface area contributed by atoms with Crippen LogP contribution in [0.4, 0.5) is 10.1 Å². The number of hydrogen-bond acceptors (Lipinski definition) is 5. The number of methoxy groups -OCH3 is 2. The second-order valence-electron chi connectivity index (χ2n) is 3.96. The van der Waals surface area contributed by atoms with Crippen LogP contribution in [-0.2, 0) is 9.53 Å². The number of aliphatic hydroxyl groups is 1. The van der Waals surface area contributed by atoms with Gasteiger partial charge in [0.15, 0.2) is 5.60 Å². The monoisotopic (exact) mass is 257 g/mol. The molecule has 0 bridgehead atoms. The molecular formula is C12H16FNO4. The molecule has 1 unspecified atom stereocenters. The third-order valence-electron chi connectivity index (χ3n) is 2.41. The third kappa shape index (κ3) is 3.33. The predicted molar refractivity (Wildman–Crippen MR) is 64.1 cm³/mol. The zero-order valence-corrected chi connectivity index (χ0v) is 10.5. The average Bonchev–Trinajstić information content (AvgIpc) is 2.36. The van der Waals surface area contributed by atoms with Crippen molar-refractivity contribution in [2.45, 2.75) is 12.5 Å².